The molecule has 3 aliphatic rings. The van der Waals surface area contributed by atoms with Gasteiger partial charge in [-0.1, -0.05) is 24.3 Å². The van der Waals surface area contributed by atoms with Crippen molar-refractivity contribution in [3.05, 3.63) is 122 Å². The Kier molecular flexibility index (Phi) is 18.2. The number of aromatic nitrogens is 8. The number of nitrogens with one attached hydrogen (secondary N) is 8. The molecule has 0 spiro atoms. The number of para-hydroxylation sites is 2. The summed E-state index contributed by atoms with van der Waals surface area (Å²) in [4.78, 5) is 76.1. The number of aliphatic hydroxyl groups excluding tert-OH is 2. The second-order valence-electron chi connectivity index (χ2n) is 20.1. The van der Waals surface area contributed by atoms with Crippen LogP contribution in [0.5, 0.6) is 11.5 Å². The Hall–Kier alpha value is -9.68. The largest absolute Gasteiger partial charge is 0.497 e. The van der Waals surface area contributed by atoms with Crippen LogP contribution in [0.4, 0.5) is 44.0 Å². The predicted molar refractivity (Wildman–Crippen MR) is 317 cm³/mol. The van der Waals surface area contributed by atoms with Crippen molar-refractivity contribution in [2.24, 2.45) is 0 Å². The molecule has 3 aliphatic heterocycles. The van der Waals surface area contributed by atoms with Crippen molar-refractivity contribution in [3.8, 4) is 11.5 Å². The van der Waals surface area contributed by atoms with Crippen molar-refractivity contribution < 1.29 is 74.6 Å². The summed E-state index contributed by atoms with van der Waals surface area (Å²) < 4.78 is 94.7. The van der Waals surface area contributed by atoms with Gasteiger partial charge in [0.15, 0.2) is 64.4 Å². The van der Waals surface area contributed by atoms with E-state index in [9.17, 15) is 46.2 Å². The predicted octanol–water partition coefficient (Wildman–Crippen LogP) is 3.87. The number of carbonyl (C=O) groups is 4. The minimum absolute atomic E-state index is 0.00953. The van der Waals surface area contributed by atoms with Gasteiger partial charge in [0.2, 0.25) is 0 Å². The number of hydrogen-bond acceptors (Lipinski definition) is 22. The van der Waals surface area contributed by atoms with Crippen LogP contribution in [0.15, 0.2) is 132 Å². The van der Waals surface area contributed by atoms with Crippen molar-refractivity contribution in [1.29, 1.82) is 0 Å². The van der Waals surface area contributed by atoms with Gasteiger partial charge in [-0.05, 0) is 100 Å². The van der Waals surface area contributed by atoms with Gasteiger partial charge < -0.3 is 59.9 Å². The first-order valence-electron chi connectivity index (χ1n) is 27.2. The molecule has 3 saturated heterocycles. The lowest BCUT2D eigenvalue weighted by Gasteiger charge is -2.24. The van der Waals surface area contributed by atoms with Gasteiger partial charge in [-0.15, -0.1) is 0 Å². The van der Waals surface area contributed by atoms with Gasteiger partial charge >= 0.3 is 12.1 Å². The second kappa shape index (κ2) is 26.0. The number of benzene rings is 4. The number of hydrogen-bond donors (Lipinski definition) is 10. The zero-order valence-electron chi connectivity index (χ0n) is 48.1. The van der Waals surface area contributed by atoms with E-state index in [0.29, 0.717) is 41.6 Å². The van der Waals surface area contributed by atoms with Crippen LogP contribution in [0.1, 0.15) is 40.2 Å². The number of fused-ring (bicyclic) bond motifs is 3. The summed E-state index contributed by atoms with van der Waals surface area (Å²) in [5, 5.41) is 36.5. The Morgan fingerprint density at radius 1 is 0.551 bits per heavy atom. The molecule has 0 radical (unpaired) electrons. The summed E-state index contributed by atoms with van der Waals surface area (Å²) in [5.41, 5.74) is 1.37. The number of rotatable bonds is 18. The number of urea groups is 2. The number of amides is 6. The first-order chi connectivity index (χ1) is 42.6. The number of sulfonamides is 2. The molecule has 11 rings (SSSR count). The quantitative estimate of drug-likeness (QED) is 0.0583. The highest BCUT2D eigenvalue weighted by molar-refractivity contribution is 7.93. The molecule has 89 heavy (non-hydrogen) atoms. The highest BCUT2D eigenvalue weighted by atomic mass is 32.2. The van der Waals surface area contributed by atoms with Crippen LogP contribution in [-0.2, 0) is 48.6 Å². The fraction of sp³-hybridized carbons (Fsp3) is 0.309. The van der Waals surface area contributed by atoms with Crippen LogP contribution in [0, 0.1) is 0 Å². The minimum atomic E-state index is -4.11. The Morgan fingerprint density at radius 3 is 1.44 bits per heavy atom. The molecule has 4 unspecified atom stereocenters. The van der Waals surface area contributed by atoms with E-state index in [2.05, 4.69) is 71.2 Å². The van der Waals surface area contributed by atoms with E-state index in [1.54, 1.807) is 86.9 Å². The molecule has 0 saturated carbocycles. The first kappa shape index (κ1) is 62.4. The molecule has 3 fully saturated rings. The van der Waals surface area contributed by atoms with Gasteiger partial charge in [0.05, 0.1) is 38.2 Å². The van der Waals surface area contributed by atoms with Crippen LogP contribution in [0.3, 0.4) is 0 Å². The van der Waals surface area contributed by atoms with Gasteiger partial charge in [-0.25, -0.2) is 56.3 Å². The Morgan fingerprint density at radius 2 is 0.978 bits per heavy atom. The maximum atomic E-state index is 13.2. The monoisotopic (exact) mass is 1260 g/mol. The summed E-state index contributed by atoms with van der Waals surface area (Å²) in [6, 6.07) is 22.8. The third-order valence-corrected chi connectivity index (χ3v) is 16.6. The van der Waals surface area contributed by atoms with E-state index in [0.717, 1.165) is 6.33 Å². The van der Waals surface area contributed by atoms with Crippen molar-refractivity contribution in [2.75, 3.05) is 58.0 Å². The van der Waals surface area contributed by atoms with Crippen LogP contribution in [-0.4, -0.2) is 160 Å². The lowest BCUT2D eigenvalue weighted by molar-refractivity contribution is -0.197. The molecule has 32 nitrogen and oxygen atoms in total. The third kappa shape index (κ3) is 13.4. The average molecular weight is 1270 g/mol. The van der Waals surface area contributed by atoms with E-state index in [-0.39, 0.29) is 55.4 Å². The molecule has 4 aromatic heterocycles. The lowest BCUT2D eigenvalue weighted by atomic mass is 10.1. The average Bonchev–Trinajstić information content (AvgIpc) is 1.61. The molecule has 0 aliphatic carbocycles. The number of methoxy groups -OCH3 is 2. The summed E-state index contributed by atoms with van der Waals surface area (Å²) in [5.74, 6) is -0.733. The van der Waals surface area contributed by atoms with Crippen LogP contribution >= 0.6 is 0 Å². The van der Waals surface area contributed by atoms with Crippen molar-refractivity contribution >= 4 is 101 Å². The highest BCUT2D eigenvalue weighted by Gasteiger charge is 2.58. The molecule has 34 heteroatoms. The third-order valence-electron chi connectivity index (χ3n) is 13.7. The molecule has 6 amide bonds. The van der Waals surface area contributed by atoms with Gasteiger partial charge in [0, 0.05) is 24.5 Å². The smallest absolute Gasteiger partial charge is 0.324 e. The van der Waals surface area contributed by atoms with E-state index < -0.39 is 92.9 Å². The molecular weight excluding hydrogens is 1200 g/mol. The van der Waals surface area contributed by atoms with E-state index in [1.807, 2.05) is 0 Å². The SMILES string of the molecule is CCNC(=O)[C@H]1O[C@@H](n2cnc3c(NC(=O)Nc4ccccc4S(=O)(=O)Nc4ccc(OC)cc4)ncnc32)C(O)C1O.CCNC(=O)[C@H]1O[C@@H](n2cnc3c(NC(=O)Nc4ccccc4S(=O)(=O)Nc4ccc(OC)cc4)ncnc32)C2OC(C)(C)OC21. The molecule has 0 bridgehead atoms. The Labute approximate surface area is 507 Å². The molecule has 8 atom stereocenters. The van der Waals surface area contributed by atoms with Gasteiger partial charge in [-0.3, -0.25) is 38.8 Å². The molecule has 10 N–H and O–H groups in total. The van der Waals surface area contributed by atoms with Gasteiger partial charge in [0.1, 0.15) is 58.4 Å². The van der Waals surface area contributed by atoms with Gasteiger partial charge in [0.25, 0.3) is 31.9 Å². The van der Waals surface area contributed by atoms with E-state index >= 15 is 0 Å². The number of ether oxygens (including phenoxy) is 6. The molecular formula is C55H60N16O16S2. The number of nitrogens with zero attached hydrogens (tertiary/aromatic N) is 8. The lowest BCUT2D eigenvalue weighted by Crippen LogP contribution is -2.42. The summed E-state index contributed by atoms with van der Waals surface area (Å²) in [6.45, 7) is 7.74. The van der Waals surface area contributed by atoms with Crippen LogP contribution in [0.2, 0.25) is 0 Å². The summed E-state index contributed by atoms with van der Waals surface area (Å²) in [7, 11) is -5.20. The highest BCUT2D eigenvalue weighted by Crippen LogP contribution is 2.44. The molecule has 468 valence electrons. The Balaban J connectivity index is 0.000000197. The van der Waals surface area contributed by atoms with Crippen molar-refractivity contribution in [1.82, 2.24) is 49.7 Å². The molecule has 7 heterocycles. The van der Waals surface area contributed by atoms with Gasteiger partial charge in [-0.2, -0.15) is 0 Å². The zero-order chi connectivity index (χ0) is 63.4. The topological polar surface area (TPSA) is 416 Å². The normalized spacial score (nSPS) is 20.9. The first-order valence-corrected chi connectivity index (χ1v) is 30.2. The van der Waals surface area contributed by atoms with Crippen molar-refractivity contribution in [2.45, 2.75) is 92.4 Å². The van der Waals surface area contributed by atoms with E-state index in [1.165, 1.54) is 80.2 Å². The zero-order valence-corrected chi connectivity index (χ0v) is 49.7. The number of imidazole rings is 2. The maximum Gasteiger partial charge on any atom is 0.324 e. The molecule has 4 aromatic carbocycles. The standard InChI is InChI=1S/C29H32N8O8S.C26H28N8O8S/c1-5-30-26(38)22-21-23(45-29(2,3)44-21)27(43-22)37-15-33-20-24(31-14-32-25(20)37)35-28(39)34-18-8-6-7-9-19(18)46(40,41)36-16-10-12-17(42-4)13-11-16;1-3-27-24(37)21-19(35)20(36)25(42-21)34-13-30-18-22(28-12-29-23(18)34)32-26(38)31-16-6-4-5-7-17(16)43(39,40)33-14-8-10-15(41-2)11-9-14/h6-15,21-23,27,36H,5H2,1-4H3,(H,30,38)(H2,31,32,34,35,39);4-13,19-21,25,33,35-36H,3H2,1-2H3,(H,27,37)(H2,28,29,31,32,38)/t21?,22-,23?,27+;19?,20?,21-,25+/m00/s1. The van der Waals surface area contributed by atoms with Crippen LogP contribution in [0.25, 0.3) is 22.3 Å². The number of likely N-dealkylation sites (N-methyl/N-ethyl adjacent to an activating group) is 2. The second-order valence-corrected chi connectivity index (χ2v) is 23.4. The number of carbonyl (C=O) groups excluding carboxylic acids is 4. The minimum Gasteiger partial charge on any atom is -0.497 e. The Bertz CT molecular complexity index is 4160. The maximum absolute atomic E-state index is 13.2. The summed E-state index contributed by atoms with van der Waals surface area (Å²) >= 11 is 0. The number of anilines is 6. The van der Waals surface area contributed by atoms with Crippen molar-refractivity contribution in [3.63, 3.8) is 0 Å². The fourth-order valence-electron chi connectivity index (χ4n) is 9.80. The van der Waals surface area contributed by atoms with Crippen LogP contribution < -0.4 is 50.8 Å². The molecule has 8 aromatic rings. The summed E-state index contributed by atoms with van der Waals surface area (Å²) in [6.07, 6.45) is -3.53. The fourth-order valence-corrected chi connectivity index (χ4v) is 12.2. The number of aliphatic hydroxyl groups is 2. The van der Waals surface area contributed by atoms with E-state index in [4.69, 9.17) is 28.4 Å².